The minimum Gasteiger partial charge on any atom is -0.468 e. The second-order valence-corrected chi connectivity index (χ2v) is 3.96. The summed E-state index contributed by atoms with van der Waals surface area (Å²) in [4.78, 5) is 10.9. The van der Waals surface area contributed by atoms with Crippen molar-refractivity contribution in [2.24, 2.45) is 0 Å². The molecule has 1 aliphatic rings. The second-order valence-electron chi connectivity index (χ2n) is 3.96. The van der Waals surface area contributed by atoms with Crippen molar-refractivity contribution < 1.29 is 9.53 Å². The van der Waals surface area contributed by atoms with E-state index in [4.69, 9.17) is 0 Å². The fourth-order valence-electron chi connectivity index (χ4n) is 1.85. The molecule has 0 saturated heterocycles. The lowest BCUT2D eigenvalue weighted by Gasteiger charge is -2.16. The van der Waals surface area contributed by atoms with Crippen LogP contribution >= 0.6 is 0 Å². The van der Waals surface area contributed by atoms with E-state index >= 15 is 0 Å². The maximum Gasteiger partial charge on any atom is 0.317 e. The Balaban J connectivity index is 2.09. The van der Waals surface area contributed by atoms with Crippen molar-refractivity contribution in [3.8, 4) is 11.8 Å². The fraction of sp³-hybridized carbons (Fsp3) is 0.357. The van der Waals surface area contributed by atoms with E-state index in [1.54, 1.807) is 0 Å². The van der Waals surface area contributed by atoms with Crippen LogP contribution in [0.15, 0.2) is 18.2 Å². The summed E-state index contributed by atoms with van der Waals surface area (Å²) in [6, 6.07) is 6.22. The molecule has 0 amide bonds. The first-order valence-corrected chi connectivity index (χ1v) is 5.68. The highest BCUT2D eigenvalue weighted by molar-refractivity contribution is 5.72. The van der Waals surface area contributed by atoms with E-state index in [1.165, 1.54) is 18.2 Å². The van der Waals surface area contributed by atoms with Gasteiger partial charge in [0, 0.05) is 12.1 Å². The number of carbonyl (C=O) groups excluding carboxylic acids is 1. The Morgan fingerprint density at radius 2 is 2.35 bits per heavy atom. The molecule has 0 aromatic heterocycles. The smallest absolute Gasteiger partial charge is 0.317 e. The Morgan fingerprint density at radius 1 is 1.47 bits per heavy atom. The third-order valence-electron chi connectivity index (χ3n) is 2.79. The quantitative estimate of drug-likeness (QED) is 0.582. The summed E-state index contributed by atoms with van der Waals surface area (Å²) < 4.78 is 4.53. The molecule has 1 aliphatic heterocycles. The van der Waals surface area contributed by atoms with Crippen molar-refractivity contribution in [1.29, 1.82) is 0 Å². The van der Waals surface area contributed by atoms with Crippen LogP contribution in [0.4, 0.5) is 0 Å². The van der Waals surface area contributed by atoms with Crippen molar-refractivity contribution in [1.82, 2.24) is 5.32 Å². The maximum absolute atomic E-state index is 10.9. The summed E-state index contributed by atoms with van der Waals surface area (Å²) in [5.41, 5.74) is 3.65. The number of esters is 1. The minimum atomic E-state index is -0.294. The molecular weight excluding hydrogens is 214 g/mol. The molecule has 0 saturated carbocycles. The molecule has 0 aliphatic carbocycles. The maximum atomic E-state index is 10.9. The molecule has 3 heteroatoms. The monoisotopic (exact) mass is 229 g/mol. The first-order chi connectivity index (χ1) is 8.29. The standard InChI is InChI=1S/C14H15NO2/c1-17-14(16)4-2-3-11-5-6-12-7-8-15-10-13(12)9-11/h5-6,9,15H,4,7-8,10H2,1H3. The molecule has 0 unspecified atom stereocenters. The summed E-state index contributed by atoms with van der Waals surface area (Å²) in [5, 5.41) is 3.33. The molecule has 3 nitrogen and oxygen atoms in total. The topological polar surface area (TPSA) is 38.3 Å². The molecule has 0 radical (unpaired) electrons. The van der Waals surface area contributed by atoms with Crippen LogP contribution < -0.4 is 5.32 Å². The molecule has 1 aromatic rings. The lowest BCUT2D eigenvalue weighted by molar-refractivity contribution is -0.139. The number of hydrogen-bond donors (Lipinski definition) is 1. The van der Waals surface area contributed by atoms with Gasteiger partial charge in [0.25, 0.3) is 0 Å². The number of methoxy groups -OCH3 is 1. The van der Waals surface area contributed by atoms with E-state index in [0.717, 1.165) is 25.1 Å². The van der Waals surface area contributed by atoms with Gasteiger partial charge in [0.05, 0.1) is 7.11 Å². The van der Waals surface area contributed by atoms with Crippen molar-refractivity contribution in [3.05, 3.63) is 34.9 Å². The van der Waals surface area contributed by atoms with Gasteiger partial charge in [0.2, 0.25) is 0 Å². The highest BCUT2D eigenvalue weighted by atomic mass is 16.5. The number of hydrogen-bond acceptors (Lipinski definition) is 3. The van der Waals surface area contributed by atoms with Crippen LogP contribution in [0.5, 0.6) is 0 Å². The summed E-state index contributed by atoms with van der Waals surface area (Å²) in [6.07, 6.45) is 1.22. The van der Waals surface area contributed by atoms with E-state index in [0.29, 0.717) is 0 Å². The zero-order valence-corrected chi connectivity index (χ0v) is 9.88. The number of nitrogens with one attached hydrogen (secondary N) is 1. The van der Waals surface area contributed by atoms with Gasteiger partial charge >= 0.3 is 5.97 Å². The zero-order valence-electron chi connectivity index (χ0n) is 9.88. The molecule has 0 atom stereocenters. The molecule has 0 spiro atoms. The molecule has 0 fully saturated rings. The van der Waals surface area contributed by atoms with Gasteiger partial charge in [0.15, 0.2) is 0 Å². The third kappa shape index (κ3) is 3.08. The minimum absolute atomic E-state index is 0.145. The van der Waals surface area contributed by atoms with Crippen molar-refractivity contribution in [2.75, 3.05) is 13.7 Å². The van der Waals surface area contributed by atoms with Gasteiger partial charge in [-0.15, -0.1) is 0 Å². The number of carbonyl (C=O) groups is 1. The largest absolute Gasteiger partial charge is 0.468 e. The second kappa shape index (κ2) is 5.51. The van der Waals surface area contributed by atoms with Gasteiger partial charge in [-0.05, 0) is 36.2 Å². The first kappa shape index (κ1) is 11.7. The number of ether oxygens (including phenoxy) is 1. The van der Waals surface area contributed by atoms with Crippen LogP contribution in [0.25, 0.3) is 0 Å². The Kier molecular flexibility index (Phi) is 3.79. The number of rotatable bonds is 1. The Bertz CT molecular complexity index is 483. The summed E-state index contributed by atoms with van der Waals surface area (Å²) in [5.74, 6) is 5.50. The Labute approximate surface area is 101 Å². The SMILES string of the molecule is COC(=O)CC#Cc1ccc2c(c1)CNCC2. The van der Waals surface area contributed by atoms with Crippen LogP contribution in [-0.2, 0) is 22.5 Å². The fourth-order valence-corrected chi connectivity index (χ4v) is 1.85. The van der Waals surface area contributed by atoms with Crippen LogP contribution in [0.3, 0.4) is 0 Å². The molecule has 2 rings (SSSR count). The first-order valence-electron chi connectivity index (χ1n) is 5.68. The average Bonchev–Trinajstić information content (AvgIpc) is 2.38. The average molecular weight is 229 g/mol. The van der Waals surface area contributed by atoms with E-state index in [2.05, 4.69) is 34.0 Å². The van der Waals surface area contributed by atoms with Crippen LogP contribution in [0, 0.1) is 11.8 Å². The lowest BCUT2D eigenvalue weighted by atomic mass is 9.99. The van der Waals surface area contributed by atoms with Crippen molar-refractivity contribution in [3.63, 3.8) is 0 Å². The predicted molar refractivity (Wildman–Crippen MR) is 65.4 cm³/mol. The van der Waals surface area contributed by atoms with Crippen LogP contribution in [0.1, 0.15) is 23.1 Å². The Hall–Kier alpha value is -1.79. The molecule has 1 heterocycles. The lowest BCUT2D eigenvalue weighted by Crippen LogP contribution is -2.23. The molecule has 88 valence electrons. The van der Waals surface area contributed by atoms with Crippen molar-refractivity contribution in [2.45, 2.75) is 19.4 Å². The van der Waals surface area contributed by atoms with E-state index in [-0.39, 0.29) is 12.4 Å². The number of fused-ring (bicyclic) bond motifs is 1. The van der Waals surface area contributed by atoms with Gasteiger partial charge in [0.1, 0.15) is 6.42 Å². The normalized spacial score (nSPS) is 13.2. The van der Waals surface area contributed by atoms with E-state index in [1.807, 2.05) is 6.07 Å². The molecule has 0 bridgehead atoms. The van der Waals surface area contributed by atoms with E-state index < -0.39 is 0 Å². The molecule has 17 heavy (non-hydrogen) atoms. The van der Waals surface area contributed by atoms with E-state index in [9.17, 15) is 4.79 Å². The summed E-state index contributed by atoms with van der Waals surface area (Å²) in [6.45, 7) is 1.95. The number of benzene rings is 1. The summed E-state index contributed by atoms with van der Waals surface area (Å²) >= 11 is 0. The third-order valence-corrected chi connectivity index (χ3v) is 2.79. The predicted octanol–water partition coefficient (Wildman–Crippen LogP) is 1.25. The molecule has 1 aromatic carbocycles. The highest BCUT2D eigenvalue weighted by Crippen LogP contribution is 2.15. The summed E-state index contributed by atoms with van der Waals surface area (Å²) in [7, 11) is 1.37. The molecule has 1 N–H and O–H groups in total. The Morgan fingerprint density at radius 3 is 3.18 bits per heavy atom. The van der Waals surface area contributed by atoms with Crippen molar-refractivity contribution >= 4 is 5.97 Å². The van der Waals surface area contributed by atoms with Gasteiger partial charge < -0.3 is 10.1 Å². The highest BCUT2D eigenvalue weighted by Gasteiger charge is 2.07. The van der Waals surface area contributed by atoms with Gasteiger partial charge in [-0.1, -0.05) is 17.9 Å². The molecular formula is C14H15NO2. The van der Waals surface area contributed by atoms with Crippen LogP contribution in [-0.4, -0.2) is 19.6 Å². The van der Waals surface area contributed by atoms with Gasteiger partial charge in [-0.3, -0.25) is 4.79 Å². The zero-order chi connectivity index (χ0) is 12.1. The van der Waals surface area contributed by atoms with Gasteiger partial charge in [-0.2, -0.15) is 0 Å². The van der Waals surface area contributed by atoms with Gasteiger partial charge in [-0.25, -0.2) is 0 Å². The van der Waals surface area contributed by atoms with Crippen LogP contribution in [0.2, 0.25) is 0 Å².